The molecule has 28 heavy (non-hydrogen) atoms. The molecule has 1 aliphatic rings. The van der Waals surface area contributed by atoms with E-state index in [4.69, 9.17) is 14.0 Å². The molecule has 1 N–H and O–H groups in total. The average molecular weight is 381 g/mol. The summed E-state index contributed by atoms with van der Waals surface area (Å²) < 4.78 is 17.6. The lowest BCUT2D eigenvalue weighted by molar-refractivity contribution is 0.00578. The van der Waals surface area contributed by atoms with Crippen molar-refractivity contribution in [3.8, 4) is 5.75 Å². The SMILES string of the molecule is CCc1ccc(NC(=O)c2cc(B3OC(C)(C)C(C)(C)O3)ccc2OC)cc1. The van der Waals surface area contributed by atoms with Crippen molar-refractivity contribution in [1.82, 2.24) is 0 Å². The lowest BCUT2D eigenvalue weighted by atomic mass is 9.78. The average Bonchev–Trinajstić information content (AvgIpc) is 2.89. The van der Waals surface area contributed by atoms with Crippen LogP contribution in [0.2, 0.25) is 0 Å². The Bertz CT molecular complexity index is 845. The van der Waals surface area contributed by atoms with Crippen molar-refractivity contribution in [2.75, 3.05) is 12.4 Å². The van der Waals surface area contributed by atoms with Crippen LogP contribution in [0, 0.1) is 0 Å². The third-order valence-corrected chi connectivity index (χ3v) is 5.61. The number of hydrogen-bond acceptors (Lipinski definition) is 4. The zero-order valence-corrected chi connectivity index (χ0v) is 17.5. The summed E-state index contributed by atoms with van der Waals surface area (Å²) in [4.78, 5) is 12.9. The highest BCUT2D eigenvalue weighted by atomic mass is 16.7. The number of amides is 1. The second kappa shape index (κ2) is 7.61. The van der Waals surface area contributed by atoms with Gasteiger partial charge in [-0.1, -0.05) is 25.1 Å². The predicted octanol–water partition coefficient (Wildman–Crippen LogP) is 3.81. The van der Waals surface area contributed by atoms with Gasteiger partial charge in [0.25, 0.3) is 5.91 Å². The van der Waals surface area contributed by atoms with Crippen molar-refractivity contribution in [3.63, 3.8) is 0 Å². The Morgan fingerprint density at radius 2 is 1.64 bits per heavy atom. The summed E-state index contributed by atoms with van der Waals surface area (Å²) in [6.45, 7) is 10.1. The van der Waals surface area contributed by atoms with Gasteiger partial charge in [0, 0.05) is 5.69 Å². The van der Waals surface area contributed by atoms with Gasteiger partial charge in [-0.3, -0.25) is 4.79 Å². The van der Waals surface area contributed by atoms with Crippen LogP contribution in [-0.2, 0) is 15.7 Å². The van der Waals surface area contributed by atoms with Crippen LogP contribution in [0.3, 0.4) is 0 Å². The number of ether oxygens (including phenoxy) is 1. The summed E-state index contributed by atoms with van der Waals surface area (Å²) in [5, 5.41) is 2.93. The van der Waals surface area contributed by atoms with E-state index in [0.29, 0.717) is 11.3 Å². The molecule has 1 fully saturated rings. The molecule has 2 aromatic rings. The first-order valence-electron chi connectivity index (χ1n) is 9.60. The molecule has 3 rings (SSSR count). The molecule has 148 valence electrons. The molecule has 1 heterocycles. The van der Waals surface area contributed by atoms with Crippen LogP contribution in [-0.4, -0.2) is 31.3 Å². The number of aryl methyl sites for hydroxylation is 1. The van der Waals surface area contributed by atoms with Crippen molar-refractivity contribution < 1.29 is 18.8 Å². The zero-order valence-electron chi connectivity index (χ0n) is 17.5. The molecule has 0 unspecified atom stereocenters. The molecular weight excluding hydrogens is 353 g/mol. The fraction of sp³-hybridized carbons (Fsp3) is 0.409. The van der Waals surface area contributed by atoms with Gasteiger partial charge in [0.15, 0.2) is 0 Å². The molecule has 0 aliphatic carbocycles. The minimum absolute atomic E-state index is 0.237. The molecule has 6 heteroatoms. The molecular formula is C22H28BNO4. The fourth-order valence-electron chi connectivity index (χ4n) is 3.05. The number of carbonyl (C=O) groups is 1. The topological polar surface area (TPSA) is 56.8 Å². The van der Waals surface area contributed by atoms with E-state index in [2.05, 4.69) is 12.2 Å². The number of anilines is 1. The van der Waals surface area contributed by atoms with Crippen LogP contribution in [0.1, 0.15) is 50.5 Å². The Kier molecular flexibility index (Phi) is 5.55. The molecule has 2 aromatic carbocycles. The second-order valence-corrected chi connectivity index (χ2v) is 8.05. The van der Waals surface area contributed by atoms with Gasteiger partial charge in [0.05, 0.1) is 23.9 Å². The predicted molar refractivity (Wildman–Crippen MR) is 112 cm³/mol. The first kappa shape index (κ1) is 20.4. The normalized spacial score (nSPS) is 17.4. The number of benzene rings is 2. The minimum atomic E-state index is -0.536. The summed E-state index contributed by atoms with van der Waals surface area (Å²) >= 11 is 0. The van der Waals surface area contributed by atoms with Gasteiger partial charge in [-0.15, -0.1) is 0 Å². The number of rotatable bonds is 5. The molecule has 1 aliphatic heterocycles. The van der Waals surface area contributed by atoms with Crippen molar-refractivity contribution in [1.29, 1.82) is 0 Å². The monoisotopic (exact) mass is 381 g/mol. The summed E-state index contributed by atoms with van der Waals surface area (Å²) in [5.41, 5.74) is 2.30. The fourth-order valence-corrected chi connectivity index (χ4v) is 3.05. The highest BCUT2D eigenvalue weighted by molar-refractivity contribution is 6.62. The van der Waals surface area contributed by atoms with Gasteiger partial charge in [-0.05, 0) is 69.4 Å². The van der Waals surface area contributed by atoms with Gasteiger partial charge in [0.1, 0.15) is 5.75 Å². The molecule has 0 saturated carbocycles. The second-order valence-electron chi connectivity index (χ2n) is 8.05. The number of hydrogen-bond donors (Lipinski definition) is 1. The summed E-state index contributed by atoms with van der Waals surface area (Å²) in [5.74, 6) is 0.266. The molecule has 5 nitrogen and oxygen atoms in total. The third-order valence-electron chi connectivity index (χ3n) is 5.61. The molecule has 0 aromatic heterocycles. The number of carbonyl (C=O) groups excluding carboxylic acids is 1. The van der Waals surface area contributed by atoms with Crippen molar-refractivity contribution in [2.45, 2.75) is 52.2 Å². The lowest BCUT2D eigenvalue weighted by Crippen LogP contribution is -2.41. The highest BCUT2D eigenvalue weighted by Crippen LogP contribution is 2.36. The quantitative estimate of drug-likeness (QED) is 0.801. The van der Waals surface area contributed by atoms with Crippen molar-refractivity contribution in [2.24, 2.45) is 0 Å². The molecule has 1 amide bonds. The van der Waals surface area contributed by atoms with E-state index >= 15 is 0 Å². The van der Waals surface area contributed by atoms with E-state index in [9.17, 15) is 4.79 Å². The summed E-state index contributed by atoms with van der Waals surface area (Å²) in [7, 11) is 1.02. The van der Waals surface area contributed by atoms with Gasteiger partial charge >= 0.3 is 7.12 Å². The third kappa shape index (κ3) is 3.93. The van der Waals surface area contributed by atoms with Crippen LogP contribution >= 0.6 is 0 Å². The van der Waals surface area contributed by atoms with E-state index in [1.807, 2.05) is 58.0 Å². The Balaban J connectivity index is 1.86. The highest BCUT2D eigenvalue weighted by Gasteiger charge is 2.51. The largest absolute Gasteiger partial charge is 0.496 e. The van der Waals surface area contributed by atoms with Gasteiger partial charge in [0.2, 0.25) is 0 Å². The Hall–Kier alpha value is -2.31. The maximum absolute atomic E-state index is 12.9. The Labute approximate surface area is 167 Å². The lowest BCUT2D eigenvalue weighted by Gasteiger charge is -2.32. The van der Waals surface area contributed by atoms with E-state index in [1.165, 1.54) is 5.56 Å². The van der Waals surface area contributed by atoms with E-state index in [0.717, 1.165) is 17.6 Å². The molecule has 1 saturated heterocycles. The summed E-state index contributed by atoms with van der Waals surface area (Å²) in [6.07, 6.45) is 0.957. The van der Waals surface area contributed by atoms with Crippen LogP contribution in [0.25, 0.3) is 0 Å². The molecule has 0 spiro atoms. The maximum Gasteiger partial charge on any atom is 0.494 e. The first-order chi connectivity index (χ1) is 13.2. The smallest absolute Gasteiger partial charge is 0.494 e. The van der Waals surface area contributed by atoms with E-state index < -0.39 is 18.3 Å². The standard InChI is InChI=1S/C22H28BNO4/c1-7-15-8-11-17(12-9-15)24-20(25)18-14-16(10-13-19(18)26-6)23-27-21(2,3)22(4,5)28-23/h8-14H,7H2,1-6H3,(H,24,25). The van der Waals surface area contributed by atoms with Gasteiger partial charge < -0.3 is 19.4 Å². The molecule has 0 radical (unpaired) electrons. The van der Waals surface area contributed by atoms with Crippen molar-refractivity contribution >= 4 is 24.2 Å². The minimum Gasteiger partial charge on any atom is -0.496 e. The van der Waals surface area contributed by atoms with Gasteiger partial charge in [-0.25, -0.2) is 0 Å². The Morgan fingerprint density at radius 3 is 2.18 bits per heavy atom. The van der Waals surface area contributed by atoms with Crippen LogP contribution in [0.15, 0.2) is 42.5 Å². The first-order valence-corrected chi connectivity index (χ1v) is 9.60. The van der Waals surface area contributed by atoms with E-state index in [1.54, 1.807) is 19.2 Å². The van der Waals surface area contributed by atoms with E-state index in [-0.39, 0.29) is 5.91 Å². The number of methoxy groups -OCH3 is 1. The number of nitrogens with one attached hydrogen (secondary N) is 1. The maximum atomic E-state index is 12.9. The van der Waals surface area contributed by atoms with Gasteiger partial charge in [-0.2, -0.15) is 0 Å². The van der Waals surface area contributed by atoms with Crippen LogP contribution < -0.4 is 15.5 Å². The van der Waals surface area contributed by atoms with Crippen molar-refractivity contribution in [3.05, 3.63) is 53.6 Å². The van der Waals surface area contributed by atoms with Crippen LogP contribution in [0.5, 0.6) is 5.75 Å². The Morgan fingerprint density at radius 1 is 1.04 bits per heavy atom. The molecule has 0 bridgehead atoms. The summed E-state index contributed by atoms with van der Waals surface area (Å²) in [6, 6.07) is 13.2. The zero-order chi connectivity index (χ0) is 20.5. The molecule has 0 atom stereocenters. The van der Waals surface area contributed by atoms with Crippen LogP contribution in [0.4, 0.5) is 5.69 Å².